The third kappa shape index (κ3) is 51.2. The molecular weight excluding hydrogens is 1170 g/mol. The van der Waals surface area contributed by atoms with Crippen LogP contribution in [0.5, 0.6) is 0 Å². The Morgan fingerprint density at radius 1 is 0.409 bits per heavy atom. The molecule has 0 aliphatic rings. The van der Waals surface area contributed by atoms with Crippen LogP contribution in [0.3, 0.4) is 0 Å². The van der Waals surface area contributed by atoms with Crippen molar-refractivity contribution in [2.24, 2.45) is 0 Å². The molecular formula is C59H103N3O26. The third-order valence-corrected chi connectivity index (χ3v) is 12.9. The number of ether oxygens (including phenoxy) is 11. The molecule has 0 aromatic carbocycles. The van der Waals surface area contributed by atoms with Gasteiger partial charge in [-0.3, -0.25) is 52.8 Å². The summed E-state index contributed by atoms with van der Waals surface area (Å²) < 4.78 is 62.2. The predicted molar refractivity (Wildman–Crippen MR) is 313 cm³/mol. The lowest BCUT2D eigenvalue weighted by atomic mass is 10.1. The minimum absolute atomic E-state index is 0.0706. The number of carboxylic acids is 5. The minimum atomic E-state index is -1.25. The molecule has 0 aromatic rings. The van der Waals surface area contributed by atoms with Gasteiger partial charge in [0, 0.05) is 45.8 Å². The molecule has 0 saturated heterocycles. The van der Waals surface area contributed by atoms with Gasteiger partial charge in [-0.1, -0.05) is 78.1 Å². The second-order valence-electron chi connectivity index (χ2n) is 21.3. The van der Waals surface area contributed by atoms with Crippen LogP contribution >= 0.6 is 0 Å². The molecule has 0 aliphatic heterocycles. The average molecular weight is 1270 g/mol. The quantitative estimate of drug-likeness (QED) is 0.0205. The van der Waals surface area contributed by atoms with E-state index in [-0.39, 0.29) is 84.3 Å². The number of unbranched alkanes of at least 4 members (excludes halogenated alkanes) is 10. The molecule has 6 unspecified atom stereocenters. The summed E-state index contributed by atoms with van der Waals surface area (Å²) in [5.74, 6) is -10.0. The van der Waals surface area contributed by atoms with Crippen LogP contribution in [-0.2, 0) is 100 Å². The van der Waals surface area contributed by atoms with Gasteiger partial charge in [0.15, 0.2) is 0 Å². The Labute approximate surface area is 517 Å². The Hall–Kier alpha value is -5.66. The number of nitrogens with zero attached hydrogens (tertiary/aromatic N) is 2. The van der Waals surface area contributed by atoms with Crippen LogP contribution in [0, 0.1) is 0 Å². The largest absolute Gasteiger partial charge is 0.481 e. The van der Waals surface area contributed by atoms with Gasteiger partial charge in [0.05, 0.1) is 123 Å². The number of carboxylic acid groups (broad SMARTS) is 5. The lowest BCUT2D eigenvalue weighted by molar-refractivity contribution is -0.167. The van der Waals surface area contributed by atoms with Crippen LogP contribution in [0.25, 0.3) is 0 Å². The molecule has 510 valence electrons. The van der Waals surface area contributed by atoms with E-state index in [0.717, 1.165) is 64.2 Å². The zero-order chi connectivity index (χ0) is 65.7. The van der Waals surface area contributed by atoms with Gasteiger partial charge in [-0.25, -0.2) is 0 Å². The number of carbonyl (C=O) groups excluding carboxylic acids is 5. The number of hydrogen-bond acceptors (Lipinski definition) is 23. The maximum atomic E-state index is 13.3. The zero-order valence-electron chi connectivity index (χ0n) is 52.5. The highest BCUT2D eigenvalue weighted by Crippen LogP contribution is 2.14. The summed E-state index contributed by atoms with van der Waals surface area (Å²) >= 11 is 0. The molecule has 29 nitrogen and oxygen atoms in total. The number of esters is 4. The number of methoxy groups -OCH3 is 1. The van der Waals surface area contributed by atoms with Crippen molar-refractivity contribution >= 4 is 59.6 Å². The number of aliphatic carboxylic acids is 5. The maximum Gasteiger partial charge on any atom is 0.306 e. The van der Waals surface area contributed by atoms with Crippen LogP contribution in [0.15, 0.2) is 0 Å². The predicted octanol–water partition coefficient (Wildman–Crippen LogP) is 4.84. The van der Waals surface area contributed by atoms with Gasteiger partial charge in [0.1, 0.15) is 38.0 Å². The topological polar surface area (TPSA) is 392 Å². The molecule has 0 bridgehead atoms. The SMILES string of the molecule is CCCCCCCCN(CC(COCOCC(CNC(C)COC(C)COCCOC)OC(=O)CCC(=O)O)OC(=O)CCC(=O)O)CC(COCOCC(CN(CCCCCCCC)C(=O)CCC(=O)O)OC(=O)CCC(=O)O)OC(=O)CCC(=O)O. The van der Waals surface area contributed by atoms with E-state index in [1.165, 1.54) is 4.90 Å². The van der Waals surface area contributed by atoms with E-state index >= 15 is 0 Å². The Kier molecular flexibility index (Phi) is 50.8. The molecule has 0 fully saturated rings. The molecule has 0 aliphatic carbocycles. The Morgan fingerprint density at radius 2 is 0.784 bits per heavy atom. The maximum absolute atomic E-state index is 13.3. The Bertz CT molecular complexity index is 1950. The highest BCUT2D eigenvalue weighted by atomic mass is 16.7. The van der Waals surface area contributed by atoms with Crippen molar-refractivity contribution in [2.75, 3.05) is 113 Å². The molecule has 6 N–H and O–H groups in total. The second kappa shape index (κ2) is 54.3. The van der Waals surface area contributed by atoms with Gasteiger partial charge in [-0.15, -0.1) is 0 Å². The van der Waals surface area contributed by atoms with E-state index in [4.69, 9.17) is 57.2 Å². The molecule has 0 saturated carbocycles. The van der Waals surface area contributed by atoms with Crippen molar-refractivity contribution in [3.8, 4) is 0 Å². The molecule has 0 radical (unpaired) electrons. The monoisotopic (exact) mass is 1270 g/mol. The number of amides is 1. The Balaban J connectivity index is 6.60. The fourth-order valence-corrected chi connectivity index (χ4v) is 8.27. The first kappa shape index (κ1) is 82.3. The van der Waals surface area contributed by atoms with Crippen molar-refractivity contribution in [1.82, 2.24) is 15.1 Å². The third-order valence-electron chi connectivity index (χ3n) is 12.9. The highest BCUT2D eigenvalue weighted by Gasteiger charge is 2.27. The van der Waals surface area contributed by atoms with Gasteiger partial charge in [0.2, 0.25) is 5.91 Å². The number of rotatable bonds is 62. The lowest BCUT2D eigenvalue weighted by Gasteiger charge is -2.31. The number of carbonyl (C=O) groups is 10. The molecule has 1 amide bonds. The van der Waals surface area contributed by atoms with Gasteiger partial charge in [0.25, 0.3) is 0 Å². The molecule has 0 aromatic heterocycles. The minimum Gasteiger partial charge on any atom is -0.481 e. The first-order valence-electron chi connectivity index (χ1n) is 30.7. The van der Waals surface area contributed by atoms with E-state index in [9.17, 15) is 68.4 Å². The van der Waals surface area contributed by atoms with Crippen molar-refractivity contribution in [3.05, 3.63) is 0 Å². The van der Waals surface area contributed by atoms with E-state index in [2.05, 4.69) is 19.2 Å². The molecule has 0 spiro atoms. The van der Waals surface area contributed by atoms with Crippen molar-refractivity contribution in [3.63, 3.8) is 0 Å². The highest BCUT2D eigenvalue weighted by molar-refractivity contribution is 5.81. The van der Waals surface area contributed by atoms with Crippen molar-refractivity contribution < 1.29 is 126 Å². The molecule has 0 rings (SSSR count). The second-order valence-corrected chi connectivity index (χ2v) is 21.3. The standard InChI is InChI=1S/C59H103N3O26/c1-6-8-10-12-14-16-28-61(33-47(86-57(75)25-21-53(68)69)39-81-42-80-38-46(85-56(74)24-20-52(66)67)32-60-44(3)36-84-45(4)37-79-31-30-78-5)34-48(87-58(76)26-22-54(70)71)40-82-43-83-41-49(88-59(77)27-23-55(72)73)35-62(50(63)18-19-51(64)65)29-17-15-13-11-9-7-2/h44-49,60H,6-43H2,1-5H3,(H,64,65)(H,66,67)(H,68,69)(H,70,71)(H,72,73). The van der Waals surface area contributed by atoms with Crippen molar-refractivity contribution in [1.29, 1.82) is 0 Å². The average Bonchev–Trinajstić information content (AvgIpc) is 3.50. The lowest BCUT2D eigenvalue weighted by Crippen LogP contribution is -2.44. The zero-order valence-corrected chi connectivity index (χ0v) is 52.5. The summed E-state index contributed by atoms with van der Waals surface area (Å²) in [6.07, 6.45) is 1.41. The first-order chi connectivity index (χ1) is 42.1. The van der Waals surface area contributed by atoms with Gasteiger partial charge in [-0.2, -0.15) is 0 Å². The smallest absolute Gasteiger partial charge is 0.306 e. The normalized spacial score (nSPS) is 13.4. The fourth-order valence-electron chi connectivity index (χ4n) is 8.27. The number of hydrogen-bond donors (Lipinski definition) is 6. The van der Waals surface area contributed by atoms with Gasteiger partial charge in [-0.05, 0) is 33.2 Å². The molecule has 88 heavy (non-hydrogen) atoms. The van der Waals surface area contributed by atoms with Gasteiger partial charge < -0.3 is 87.9 Å². The van der Waals surface area contributed by atoms with Crippen LogP contribution in [0.1, 0.15) is 169 Å². The van der Waals surface area contributed by atoms with Crippen LogP contribution < -0.4 is 5.32 Å². The van der Waals surface area contributed by atoms with E-state index in [0.29, 0.717) is 39.2 Å². The summed E-state index contributed by atoms with van der Waals surface area (Å²) in [5, 5.41) is 49.5. The molecule has 0 heterocycles. The van der Waals surface area contributed by atoms with Crippen molar-refractivity contribution in [2.45, 2.75) is 206 Å². The Morgan fingerprint density at radius 3 is 1.20 bits per heavy atom. The first-order valence-corrected chi connectivity index (χ1v) is 30.7. The van der Waals surface area contributed by atoms with Gasteiger partial charge >= 0.3 is 53.7 Å². The fraction of sp³-hybridized carbons (Fsp3) is 0.831. The molecule has 6 atom stereocenters. The summed E-state index contributed by atoms with van der Waals surface area (Å²) in [4.78, 5) is 125. The summed E-state index contributed by atoms with van der Waals surface area (Å²) in [7, 11) is 1.57. The van der Waals surface area contributed by atoms with Crippen LogP contribution in [0.2, 0.25) is 0 Å². The summed E-state index contributed by atoms with van der Waals surface area (Å²) in [5.41, 5.74) is 0. The number of nitrogens with one attached hydrogen (secondary N) is 1. The van der Waals surface area contributed by atoms with Crippen LogP contribution in [0.4, 0.5) is 0 Å². The summed E-state index contributed by atoms with van der Waals surface area (Å²) in [6.45, 7) is 7.34. The summed E-state index contributed by atoms with van der Waals surface area (Å²) in [6, 6.07) is -0.239. The van der Waals surface area contributed by atoms with E-state index in [1.54, 1.807) is 7.11 Å². The van der Waals surface area contributed by atoms with E-state index in [1.807, 2.05) is 18.7 Å². The van der Waals surface area contributed by atoms with E-state index < -0.39 is 155 Å². The molecule has 29 heteroatoms. The van der Waals surface area contributed by atoms with Crippen LogP contribution in [-0.4, -0.2) is 244 Å².